The van der Waals surface area contributed by atoms with Crippen molar-refractivity contribution in [3.05, 3.63) is 34.2 Å². The second-order valence-electron chi connectivity index (χ2n) is 4.63. The van der Waals surface area contributed by atoms with Crippen LogP contribution in [0.25, 0.3) is 0 Å². The van der Waals surface area contributed by atoms with E-state index in [9.17, 15) is 4.39 Å². The molecule has 1 aromatic heterocycles. The van der Waals surface area contributed by atoms with Gasteiger partial charge in [-0.25, -0.2) is 14.0 Å². The van der Waals surface area contributed by atoms with Crippen molar-refractivity contribution < 1.29 is 13.8 Å². The van der Waals surface area contributed by atoms with Gasteiger partial charge in [0.2, 0.25) is 5.82 Å². The van der Waals surface area contributed by atoms with E-state index in [1.807, 2.05) is 4.90 Å². The Morgan fingerprint density at radius 2 is 2.09 bits per heavy atom. The maximum atomic E-state index is 13.2. The Labute approximate surface area is 134 Å². The summed E-state index contributed by atoms with van der Waals surface area (Å²) in [7, 11) is 0. The van der Waals surface area contributed by atoms with Crippen LogP contribution in [0.5, 0.6) is 0 Å². The largest absolute Gasteiger partial charge is 0.382 e. The summed E-state index contributed by atoms with van der Waals surface area (Å²) in [4.78, 5) is 6.21. The molecule has 0 spiro atoms. The lowest BCUT2D eigenvalue weighted by Gasteiger charge is -2.26. The van der Waals surface area contributed by atoms with Crippen molar-refractivity contribution in [3.8, 4) is 0 Å². The first-order chi connectivity index (χ1) is 10.6. The molecule has 2 N–H and O–H groups in total. The van der Waals surface area contributed by atoms with Crippen molar-refractivity contribution in [2.75, 3.05) is 31.2 Å². The summed E-state index contributed by atoms with van der Waals surface area (Å²) in [5.74, 6) is 0.321. The standard InChI is InChI=1S/C13H13BrFN5O2/c14-9-7-8(1-2-10(9)15)17-12(16)11-13(19-22-18-11)20-3-5-21-6-4-20/h1-2,7H,3-6H2,(H2,16,17). The highest BCUT2D eigenvalue weighted by molar-refractivity contribution is 9.10. The number of amidine groups is 1. The quantitative estimate of drug-likeness (QED) is 0.655. The van der Waals surface area contributed by atoms with Crippen molar-refractivity contribution in [2.24, 2.45) is 10.7 Å². The molecule has 0 radical (unpaired) electrons. The molecule has 3 rings (SSSR count). The number of ether oxygens (including phenoxy) is 1. The Morgan fingerprint density at radius 1 is 1.32 bits per heavy atom. The number of rotatable bonds is 3. The summed E-state index contributed by atoms with van der Waals surface area (Å²) in [6, 6.07) is 4.36. The molecule has 0 amide bonds. The average Bonchev–Trinajstić information content (AvgIpc) is 3.01. The predicted octanol–water partition coefficient (Wildman–Crippen LogP) is 1.84. The highest BCUT2D eigenvalue weighted by Crippen LogP contribution is 2.23. The number of halogens is 2. The highest BCUT2D eigenvalue weighted by Gasteiger charge is 2.22. The van der Waals surface area contributed by atoms with E-state index in [1.165, 1.54) is 18.2 Å². The molecule has 1 aromatic carbocycles. The fourth-order valence-corrected chi connectivity index (χ4v) is 2.44. The molecule has 2 heterocycles. The van der Waals surface area contributed by atoms with Crippen LogP contribution in [-0.2, 0) is 4.74 Å². The van der Waals surface area contributed by atoms with E-state index in [-0.39, 0.29) is 11.7 Å². The number of hydrogen-bond acceptors (Lipinski definition) is 6. The van der Waals surface area contributed by atoms with Crippen molar-refractivity contribution in [1.29, 1.82) is 0 Å². The number of aliphatic imine (C=N–C) groups is 1. The summed E-state index contributed by atoms with van der Waals surface area (Å²) < 4.78 is 23.6. The van der Waals surface area contributed by atoms with Gasteiger partial charge in [0.25, 0.3) is 0 Å². The van der Waals surface area contributed by atoms with Gasteiger partial charge in [-0.15, -0.1) is 0 Å². The van der Waals surface area contributed by atoms with Gasteiger partial charge in [0.15, 0.2) is 11.5 Å². The fraction of sp³-hybridized carbons (Fsp3) is 0.308. The van der Waals surface area contributed by atoms with E-state index in [1.54, 1.807) is 0 Å². The molecular weight excluding hydrogens is 357 g/mol. The first kappa shape index (κ1) is 14.9. The third-order valence-corrected chi connectivity index (χ3v) is 3.78. The zero-order chi connectivity index (χ0) is 15.5. The summed E-state index contributed by atoms with van der Waals surface area (Å²) >= 11 is 3.11. The van der Waals surface area contributed by atoms with Crippen LogP contribution in [-0.4, -0.2) is 42.5 Å². The third kappa shape index (κ3) is 3.09. The van der Waals surface area contributed by atoms with Crippen LogP contribution in [0.4, 0.5) is 15.9 Å². The number of aromatic nitrogens is 2. The Hall–Kier alpha value is -2.00. The smallest absolute Gasteiger partial charge is 0.204 e. The van der Waals surface area contributed by atoms with Crippen molar-refractivity contribution >= 4 is 33.3 Å². The van der Waals surface area contributed by atoms with Crippen molar-refractivity contribution in [2.45, 2.75) is 0 Å². The zero-order valence-corrected chi connectivity index (χ0v) is 13.1. The zero-order valence-electron chi connectivity index (χ0n) is 11.5. The van der Waals surface area contributed by atoms with Gasteiger partial charge in [-0.3, -0.25) is 0 Å². The maximum absolute atomic E-state index is 13.2. The second-order valence-corrected chi connectivity index (χ2v) is 5.49. The van der Waals surface area contributed by atoms with Gasteiger partial charge < -0.3 is 15.4 Å². The molecule has 0 aliphatic carbocycles. The Bertz CT molecular complexity index is 699. The summed E-state index contributed by atoms with van der Waals surface area (Å²) in [5.41, 5.74) is 6.85. The molecule has 0 atom stereocenters. The molecule has 1 fully saturated rings. The summed E-state index contributed by atoms with van der Waals surface area (Å²) in [5, 5.41) is 7.71. The molecule has 0 saturated carbocycles. The molecule has 1 saturated heterocycles. The molecule has 1 aliphatic rings. The minimum Gasteiger partial charge on any atom is -0.382 e. The Balaban J connectivity index is 1.88. The van der Waals surface area contributed by atoms with Crippen LogP contribution in [0.3, 0.4) is 0 Å². The lowest BCUT2D eigenvalue weighted by atomic mass is 10.3. The maximum Gasteiger partial charge on any atom is 0.204 e. The number of nitrogens with zero attached hydrogens (tertiary/aromatic N) is 4. The van der Waals surface area contributed by atoms with Crippen LogP contribution >= 0.6 is 15.9 Å². The molecule has 2 aromatic rings. The van der Waals surface area contributed by atoms with Gasteiger partial charge >= 0.3 is 0 Å². The SMILES string of the molecule is NC(=Nc1ccc(F)c(Br)c1)c1nonc1N1CCOCC1. The molecule has 0 unspecified atom stereocenters. The fourth-order valence-electron chi connectivity index (χ4n) is 2.07. The molecule has 0 bridgehead atoms. The van der Waals surface area contributed by atoms with Crippen LogP contribution in [0.15, 0.2) is 32.3 Å². The minimum atomic E-state index is -0.366. The van der Waals surface area contributed by atoms with E-state index in [2.05, 4.69) is 31.2 Å². The van der Waals surface area contributed by atoms with Gasteiger partial charge in [0.1, 0.15) is 5.82 Å². The Morgan fingerprint density at radius 3 is 2.82 bits per heavy atom. The van der Waals surface area contributed by atoms with E-state index in [0.29, 0.717) is 48.0 Å². The van der Waals surface area contributed by atoms with Gasteiger partial charge in [0.05, 0.1) is 23.4 Å². The number of benzene rings is 1. The van der Waals surface area contributed by atoms with Gasteiger partial charge in [-0.05, 0) is 44.4 Å². The molecule has 9 heteroatoms. The Kier molecular flexibility index (Phi) is 4.34. The first-order valence-electron chi connectivity index (χ1n) is 6.60. The van der Waals surface area contributed by atoms with Crippen LogP contribution in [0, 0.1) is 5.82 Å². The normalized spacial score (nSPS) is 16.1. The number of nitrogens with two attached hydrogens (primary N) is 1. The van der Waals surface area contributed by atoms with E-state index in [4.69, 9.17) is 15.1 Å². The van der Waals surface area contributed by atoms with E-state index >= 15 is 0 Å². The monoisotopic (exact) mass is 369 g/mol. The van der Waals surface area contributed by atoms with Crippen molar-refractivity contribution in [1.82, 2.24) is 10.3 Å². The molecule has 7 nitrogen and oxygen atoms in total. The first-order valence-corrected chi connectivity index (χ1v) is 7.39. The average molecular weight is 370 g/mol. The van der Waals surface area contributed by atoms with Crippen LogP contribution in [0.2, 0.25) is 0 Å². The second kappa shape index (κ2) is 6.41. The number of hydrogen-bond donors (Lipinski definition) is 1. The number of anilines is 1. The molecular formula is C13H13BrFN5O2. The topological polar surface area (TPSA) is 89.8 Å². The minimum absolute atomic E-state index is 0.154. The summed E-state index contributed by atoms with van der Waals surface area (Å²) in [6.07, 6.45) is 0. The third-order valence-electron chi connectivity index (χ3n) is 3.18. The summed E-state index contributed by atoms with van der Waals surface area (Å²) in [6.45, 7) is 2.57. The van der Waals surface area contributed by atoms with Gasteiger partial charge in [0, 0.05) is 13.1 Å². The highest BCUT2D eigenvalue weighted by atomic mass is 79.9. The van der Waals surface area contributed by atoms with Crippen molar-refractivity contribution in [3.63, 3.8) is 0 Å². The van der Waals surface area contributed by atoms with Crippen LogP contribution in [0.1, 0.15) is 5.69 Å². The van der Waals surface area contributed by atoms with Crippen LogP contribution < -0.4 is 10.6 Å². The predicted molar refractivity (Wildman–Crippen MR) is 81.8 cm³/mol. The van der Waals surface area contributed by atoms with E-state index in [0.717, 1.165) is 0 Å². The van der Waals surface area contributed by atoms with E-state index < -0.39 is 0 Å². The molecule has 1 aliphatic heterocycles. The molecule has 22 heavy (non-hydrogen) atoms. The molecule has 116 valence electrons. The lowest BCUT2D eigenvalue weighted by Crippen LogP contribution is -2.37. The lowest BCUT2D eigenvalue weighted by molar-refractivity contribution is 0.122. The van der Waals surface area contributed by atoms with Gasteiger partial charge in [-0.2, -0.15) is 0 Å². The number of morpholine rings is 1. The van der Waals surface area contributed by atoms with Gasteiger partial charge in [-0.1, -0.05) is 0 Å².